The van der Waals surface area contributed by atoms with Crippen molar-refractivity contribution in [1.82, 2.24) is 4.98 Å². The average Bonchev–Trinajstić information content (AvgIpc) is 2.30. The van der Waals surface area contributed by atoms with Gasteiger partial charge in [0.1, 0.15) is 11.3 Å². The van der Waals surface area contributed by atoms with Crippen LogP contribution >= 0.6 is 23.0 Å². The molecule has 0 aliphatic rings. The zero-order valence-corrected chi connectivity index (χ0v) is 13.5. The van der Waals surface area contributed by atoms with Crippen LogP contribution in [0.5, 0.6) is 5.75 Å². The molecule has 0 atom stereocenters. The van der Waals surface area contributed by atoms with Crippen LogP contribution in [-0.2, 0) is 6.77 Å². The standard InChI is InChI=1S/C9H7NO.Bi.IO.2O/c11-8-5-1-3-7-4-2-6-10-9(7)8;;1-2;;/h1-6,11H;;;;/q;+1;-1;;. The van der Waals surface area contributed by atoms with Crippen LogP contribution < -0.4 is 0 Å². The van der Waals surface area contributed by atoms with Crippen molar-refractivity contribution in [2.24, 2.45) is 0 Å². The third-order valence-electron chi connectivity index (χ3n) is 1.67. The van der Waals surface area contributed by atoms with Gasteiger partial charge in [-0.25, -0.2) is 0 Å². The Morgan fingerprint density at radius 3 is 2.44 bits per heavy atom. The fourth-order valence-electron chi connectivity index (χ4n) is 1.09. The Labute approximate surface area is 114 Å². The predicted molar refractivity (Wildman–Crippen MR) is 65.6 cm³/mol. The Kier molecular flexibility index (Phi) is 6.01. The van der Waals surface area contributed by atoms with Crippen LogP contribution in [0.3, 0.4) is 0 Å². The number of benzene rings is 1. The molecule has 2 rings (SSSR count). The van der Waals surface area contributed by atoms with Crippen LogP contribution in [0.4, 0.5) is 0 Å². The first-order valence-corrected chi connectivity index (χ1v) is 9.25. The zero-order valence-electron chi connectivity index (χ0n) is 7.91. The van der Waals surface area contributed by atoms with Gasteiger partial charge in [-0.15, -0.1) is 0 Å². The molecule has 1 aromatic heterocycles. The van der Waals surface area contributed by atoms with Crippen molar-refractivity contribution in [3.63, 3.8) is 0 Å². The van der Waals surface area contributed by atoms with Crippen LogP contribution in [-0.4, -0.2) is 32.3 Å². The first-order chi connectivity index (χ1) is 7.65. The first kappa shape index (κ1) is 13.7. The number of halogens is 1. The second kappa shape index (κ2) is 7.03. The Morgan fingerprint density at radius 1 is 1.25 bits per heavy atom. The van der Waals surface area contributed by atoms with Crippen molar-refractivity contribution in [2.75, 3.05) is 0 Å². The number of phenolic OH excluding ortho intramolecular Hbond substituents is 1. The van der Waals surface area contributed by atoms with Crippen molar-refractivity contribution < 1.29 is 11.9 Å². The number of hydrogen-bond acceptors (Lipinski definition) is 5. The van der Waals surface area contributed by atoms with Crippen LogP contribution in [0.25, 0.3) is 10.9 Å². The zero-order chi connectivity index (χ0) is 12.0. The summed E-state index contributed by atoms with van der Waals surface area (Å²) in [5, 5.41) is 10.3. The molecular weight excluding hydrogens is 522 g/mol. The molecule has 2 aromatic rings. The summed E-state index contributed by atoms with van der Waals surface area (Å²) in [7, 11) is 0. The monoisotopic (exact) mass is 529 g/mol. The number of para-hydroxylation sites is 1. The normalized spacial score (nSPS) is 9.31. The number of nitrogens with zero attached hydrogens (tertiary/aromatic N) is 1. The van der Waals surface area contributed by atoms with Crippen molar-refractivity contribution in [2.45, 2.75) is 0 Å². The van der Waals surface area contributed by atoms with Gasteiger partial charge in [0.2, 0.25) is 0 Å². The van der Waals surface area contributed by atoms with E-state index in [0.717, 1.165) is 5.39 Å². The molecule has 0 aliphatic heterocycles. The van der Waals surface area contributed by atoms with Gasteiger partial charge in [-0.1, -0.05) is 18.2 Å². The Bertz CT molecular complexity index is 531. The van der Waals surface area contributed by atoms with E-state index in [1.54, 1.807) is 18.3 Å². The molecular formula is C9H7BiINO4. The van der Waals surface area contributed by atoms with Crippen molar-refractivity contribution >= 4 is 56.1 Å². The van der Waals surface area contributed by atoms with E-state index < -0.39 is 22.2 Å². The van der Waals surface area contributed by atoms with Gasteiger partial charge in [0.25, 0.3) is 0 Å². The number of hydrogen-bond donors (Lipinski definition) is 1. The van der Waals surface area contributed by atoms with E-state index in [2.05, 4.69) is 6.13 Å². The van der Waals surface area contributed by atoms with Crippen LogP contribution in [0.2, 0.25) is 0 Å². The molecule has 0 saturated carbocycles. The Hall–Kier alpha value is -0.397. The molecule has 0 unspecified atom stereocenters. The molecule has 5 nitrogen and oxygen atoms in total. The average molecular weight is 529 g/mol. The van der Waals surface area contributed by atoms with Crippen molar-refractivity contribution in [3.05, 3.63) is 36.5 Å². The summed E-state index contributed by atoms with van der Waals surface area (Å²) >= 11 is -2.30. The van der Waals surface area contributed by atoms with Gasteiger partial charge < -0.3 is 5.11 Å². The maximum absolute atomic E-state index is 9.31. The fourth-order valence-corrected chi connectivity index (χ4v) is 1.09. The molecule has 0 aliphatic carbocycles. The van der Waals surface area contributed by atoms with E-state index in [1.165, 1.54) is 23.0 Å². The summed E-state index contributed by atoms with van der Waals surface area (Å²) in [5.74, 6) is 0.239. The Morgan fingerprint density at radius 2 is 1.88 bits per heavy atom. The van der Waals surface area contributed by atoms with Crippen molar-refractivity contribution in [1.29, 1.82) is 0 Å². The van der Waals surface area contributed by atoms with Crippen molar-refractivity contribution in [3.8, 4) is 5.75 Å². The molecule has 0 radical (unpaired) electrons. The third kappa shape index (κ3) is 4.23. The van der Waals surface area contributed by atoms with Gasteiger partial charge in [0.15, 0.2) is 0 Å². The van der Waals surface area contributed by atoms with E-state index >= 15 is 0 Å². The van der Waals surface area contributed by atoms with E-state index in [1.807, 2.05) is 18.2 Å². The maximum atomic E-state index is 9.31. The number of aromatic nitrogens is 1. The van der Waals surface area contributed by atoms with Gasteiger partial charge >= 0.3 is 52.0 Å². The number of fused-ring (bicyclic) bond motifs is 1. The van der Waals surface area contributed by atoms with Crippen LogP contribution in [0.1, 0.15) is 0 Å². The molecule has 1 heterocycles. The third-order valence-corrected chi connectivity index (χ3v) is 4.93. The van der Waals surface area contributed by atoms with Gasteiger partial charge in [0.05, 0.1) is 0 Å². The predicted octanol–water partition coefficient (Wildman–Crippen LogP) is 2.14. The second-order valence-electron chi connectivity index (χ2n) is 2.64. The summed E-state index contributed by atoms with van der Waals surface area (Å²) in [6.07, 6.45) is 1.67. The molecule has 1 N–H and O–H groups in total. The van der Waals surface area contributed by atoms with Gasteiger partial charge in [-0.05, 0) is 12.1 Å². The topological polar surface area (TPSA) is 76.5 Å². The van der Waals surface area contributed by atoms with Crippen LogP contribution in [0.15, 0.2) is 36.5 Å². The van der Waals surface area contributed by atoms with Gasteiger partial charge in [-0.2, -0.15) is 0 Å². The molecule has 0 saturated heterocycles. The summed E-state index contributed by atoms with van der Waals surface area (Å²) in [4.78, 5) is 4.03. The first-order valence-electron chi connectivity index (χ1n) is 4.11. The fraction of sp³-hybridized carbons (Fsp3) is 0. The van der Waals surface area contributed by atoms with E-state index in [0.29, 0.717) is 5.52 Å². The van der Waals surface area contributed by atoms with Crippen LogP contribution in [0, 0.1) is 0 Å². The second-order valence-corrected chi connectivity index (χ2v) is 8.38. The molecule has 84 valence electrons. The molecule has 0 bridgehead atoms. The van der Waals surface area contributed by atoms with E-state index in [-0.39, 0.29) is 5.75 Å². The molecule has 0 amide bonds. The molecule has 0 fully saturated rings. The molecule has 16 heavy (non-hydrogen) atoms. The van der Waals surface area contributed by atoms with E-state index in [9.17, 15) is 10.7 Å². The quantitative estimate of drug-likeness (QED) is 0.453. The van der Waals surface area contributed by atoms with E-state index in [4.69, 9.17) is 0 Å². The summed E-state index contributed by atoms with van der Waals surface area (Å²) in [5.41, 5.74) is 0.662. The van der Waals surface area contributed by atoms with Gasteiger partial charge in [-0.3, -0.25) is 4.98 Å². The number of aromatic hydroxyl groups is 1. The SMILES string of the molecule is Oc1cccc2cccnc12.[O]=[Bi](=[O])[O]I. The molecule has 0 spiro atoms. The molecule has 7 heteroatoms. The number of rotatable bonds is 1. The number of pyridine rings is 1. The molecule has 1 aromatic carbocycles. The Balaban J connectivity index is 0.000000221. The minimum absolute atomic E-state index is 0.239. The summed E-state index contributed by atoms with van der Waals surface area (Å²) < 4.78 is 22.4. The number of phenols is 1. The summed E-state index contributed by atoms with van der Waals surface area (Å²) in [6, 6.07) is 9.13. The summed E-state index contributed by atoms with van der Waals surface area (Å²) in [6.45, 7) is 0. The van der Waals surface area contributed by atoms with Gasteiger partial charge in [0, 0.05) is 11.6 Å². The minimum atomic E-state index is -3.65.